The number of rotatable bonds is 5. The lowest BCUT2D eigenvalue weighted by molar-refractivity contribution is 0.258. The van der Waals surface area contributed by atoms with Gasteiger partial charge in [0.15, 0.2) is 0 Å². The molecule has 0 spiro atoms. The van der Waals surface area contributed by atoms with E-state index in [2.05, 4.69) is 4.18 Å². The van der Waals surface area contributed by atoms with Gasteiger partial charge in [-0.1, -0.05) is 24.9 Å². The van der Waals surface area contributed by atoms with Gasteiger partial charge in [0, 0.05) is 0 Å². The molecule has 0 fully saturated rings. The summed E-state index contributed by atoms with van der Waals surface area (Å²) in [4.78, 5) is 0. The van der Waals surface area contributed by atoms with Crippen molar-refractivity contribution in [2.75, 3.05) is 0 Å². The fraction of sp³-hybridized carbons (Fsp3) is 1.00. The second-order valence-corrected chi connectivity index (χ2v) is 2.94. The minimum Gasteiger partial charge on any atom is -0.750 e. The summed E-state index contributed by atoms with van der Waals surface area (Å²) in [5.41, 5.74) is -0.696. The maximum atomic E-state index is 9.87. The molecule has 0 bridgehead atoms. The molecule has 0 aromatic heterocycles. The lowest BCUT2D eigenvalue weighted by Crippen LogP contribution is -2.06. The zero-order valence-electron chi connectivity index (χ0n) is 5.71. The van der Waals surface area contributed by atoms with Crippen molar-refractivity contribution in [2.24, 2.45) is 0 Å². The summed E-state index contributed by atoms with van der Waals surface area (Å²) in [5.74, 6) is 0. The third-order valence-corrected chi connectivity index (χ3v) is 1.77. The van der Waals surface area contributed by atoms with Crippen molar-refractivity contribution in [3.8, 4) is 0 Å². The highest BCUT2D eigenvalue weighted by molar-refractivity contribution is 7.74. The second kappa shape index (κ2) is 6.09. The Morgan fingerprint density at radius 3 is 2.80 bits per heavy atom. The van der Waals surface area contributed by atoms with E-state index >= 15 is 0 Å². The van der Waals surface area contributed by atoms with Crippen molar-refractivity contribution in [1.29, 1.82) is 0 Å². The van der Waals surface area contributed by atoms with Gasteiger partial charge >= 0.3 is 0 Å². The molecule has 2 unspecified atom stereocenters. The Hall–Kier alpha value is 0.360. The lowest BCUT2D eigenvalue weighted by atomic mass is 10.3. The molecule has 0 aromatic carbocycles. The van der Waals surface area contributed by atoms with Crippen LogP contribution in [-0.2, 0) is 15.5 Å². The molecule has 0 aromatic rings. The zero-order valence-corrected chi connectivity index (χ0v) is 7.28. The Bertz CT molecular complexity index is 109. The van der Waals surface area contributed by atoms with Gasteiger partial charge in [-0.3, -0.25) is 4.18 Å². The summed E-state index contributed by atoms with van der Waals surface area (Å²) in [5, 5.41) is 0. The van der Waals surface area contributed by atoms with Crippen molar-refractivity contribution >= 4 is 23.0 Å². The van der Waals surface area contributed by atoms with Gasteiger partial charge < -0.3 is 4.55 Å². The highest BCUT2D eigenvalue weighted by atomic mass is 35.5. The molecule has 5 heteroatoms. The van der Waals surface area contributed by atoms with Crippen molar-refractivity contribution in [1.82, 2.24) is 0 Å². The summed E-state index contributed by atoms with van der Waals surface area (Å²) >= 11 is 2.96. The van der Waals surface area contributed by atoms with Gasteiger partial charge in [0.1, 0.15) is 5.56 Å². The predicted octanol–water partition coefficient (Wildman–Crippen LogP) is 1.55. The first-order valence-corrected chi connectivity index (χ1v) is 4.51. The van der Waals surface area contributed by atoms with E-state index in [1.807, 2.05) is 6.92 Å². The fourth-order valence-corrected chi connectivity index (χ4v) is 1.10. The second-order valence-electron chi connectivity index (χ2n) is 1.85. The minimum absolute atomic E-state index is 0.575. The largest absolute Gasteiger partial charge is 0.750 e. The van der Waals surface area contributed by atoms with Crippen molar-refractivity contribution < 1.29 is 12.9 Å². The van der Waals surface area contributed by atoms with Gasteiger partial charge in [-0.2, -0.15) is 0 Å². The maximum absolute atomic E-state index is 9.87. The number of halogens is 1. The highest BCUT2D eigenvalue weighted by Crippen LogP contribution is 2.09. The minimum atomic E-state index is -2.48. The average Bonchev–Trinajstić information content (AvgIpc) is 1.82. The van der Waals surface area contributed by atoms with E-state index in [0.29, 0.717) is 6.42 Å². The van der Waals surface area contributed by atoms with E-state index in [1.54, 1.807) is 0 Å². The first-order valence-electron chi connectivity index (χ1n) is 3.07. The molecular formula is C5H10ClO3S-. The number of hydrogen-bond donors (Lipinski definition) is 0. The molecule has 3 nitrogen and oxygen atoms in total. The standard InChI is InChI=1S/C5H11ClO3S/c1-2-3-4-5(6)9-10(7)8/h5H,2-4H2,1H3,(H,7,8)/p-1. The third kappa shape index (κ3) is 6.48. The van der Waals surface area contributed by atoms with Crippen LogP contribution < -0.4 is 0 Å². The molecule has 2 atom stereocenters. The zero-order chi connectivity index (χ0) is 7.98. The molecule has 0 aliphatic carbocycles. The molecule has 0 saturated carbocycles. The Morgan fingerprint density at radius 2 is 2.40 bits per heavy atom. The summed E-state index contributed by atoms with van der Waals surface area (Å²) < 4.78 is 24.0. The molecule has 0 rings (SSSR count). The van der Waals surface area contributed by atoms with Crippen molar-refractivity contribution in [3.05, 3.63) is 0 Å². The SMILES string of the molecule is CCCCC(Cl)OS(=O)[O-]. The molecule has 0 heterocycles. The average molecular weight is 186 g/mol. The van der Waals surface area contributed by atoms with Crippen molar-refractivity contribution in [3.63, 3.8) is 0 Å². The summed E-state index contributed by atoms with van der Waals surface area (Å²) in [7, 11) is 0. The van der Waals surface area contributed by atoms with E-state index in [9.17, 15) is 8.76 Å². The predicted molar refractivity (Wildman–Crippen MR) is 39.2 cm³/mol. The topological polar surface area (TPSA) is 49.4 Å². The first-order chi connectivity index (χ1) is 4.66. The molecule has 62 valence electrons. The highest BCUT2D eigenvalue weighted by Gasteiger charge is 2.02. The number of hydrogen-bond acceptors (Lipinski definition) is 3. The van der Waals surface area contributed by atoms with E-state index in [4.69, 9.17) is 11.6 Å². The molecular weight excluding hydrogens is 176 g/mol. The molecule has 0 amide bonds. The summed E-state index contributed by atoms with van der Waals surface area (Å²) in [6, 6.07) is 0. The molecule has 0 radical (unpaired) electrons. The van der Waals surface area contributed by atoms with Gasteiger partial charge in [-0.15, -0.1) is 0 Å². The third-order valence-electron chi connectivity index (χ3n) is 0.968. The van der Waals surface area contributed by atoms with E-state index in [1.165, 1.54) is 0 Å². The van der Waals surface area contributed by atoms with Gasteiger partial charge in [0.2, 0.25) is 0 Å². The first kappa shape index (κ1) is 10.4. The monoisotopic (exact) mass is 185 g/mol. The van der Waals surface area contributed by atoms with Crippen LogP contribution in [0, 0.1) is 0 Å². The van der Waals surface area contributed by atoms with E-state index < -0.39 is 16.9 Å². The van der Waals surface area contributed by atoms with Crippen LogP contribution >= 0.6 is 11.6 Å². The fourth-order valence-electron chi connectivity index (χ4n) is 0.498. The van der Waals surface area contributed by atoms with Crippen LogP contribution in [0.25, 0.3) is 0 Å². The normalized spacial score (nSPS) is 16.7. The quantitative estimate of drug-likeness (QED) is 0.483. The maximum Gasteiger partial charge on any atom is 0.147 e. The van der Waals surface area contributed by atoms with Gasteiger partial charge in [0.25, 0.3) is 0 Å². The lowest BCUT2D eigenvalue weighted by Gasteiger charge is -2.10. The summed E-state index contributed by atoms with van der Waals surface area (Å²) in [6.07, 6.45) is 2.44. The number of alkyl halides is 1. The molecule has 0 aliphatic rings. The van der Waals surface area contributed by atoms with Crippen LogP contribution in [0.15, 0.2) is 0 Å². The smallest absolute Gasteiger partial charge is 0.147 e. The van der Waals surface area contributed by atoms with Crippen molar-refractivity contribution in [2.45, 2.75) is 31.7 Å². The Balaban J connectivity index is 3.25. The molecule has 0 saturated heterocycles. The Labute approximate surface area is 68.2 Å². The van der Waals surface area contributed by atoms with Gasteiger partial charge in [-0.25, -0.2) is 4.21 Å². The Kier molecular flexibility index (Phi) is 6.31. The van der Waals surface area contributed by atoms with Crippen LogP contribution in [0.1, 0.15) is 26.2 Å². The molecule has 10 heavy (non-hydrogen) atoms. The van der Waals surface area contributed by atoms with Crippen LogP contribution in [0.4, 0.5) is 0 Å². The van der Waals surface area contributed by atoms with Gasteiger partial charge in [0.05, 0.1) is 11.4 Å². The van der Waals surface area contributed by atoms with Crippen LogP contribution in [0.2, 0.25) is 0 Å². The van der Waals surface area contributed by atoms with Gasteiger partial charge in [-0.05, 0) is 12.8 Å². The summed E-state index contributed by atoms with van der Waals surface area (Å²) in [6.45, 7) is 2.00. The van der Waals surface area contributed by atoms with Crippen LogP contribution in [-0.4, -0.2) is 14.3 Å². The Morgan fingerprint density at radius 1 is 1.80 bits per heavy atom. The van der Waals surface area contributed by atoms with Crippen LogP contribution in [0.3, 0.4) is 0 Å². The van der Waals surface area contributed by atoms with Crippen LogP contribution in [0.5, 0.6) is 0 Å². The number of unbranched alkanes of at least 4 members (excludes halogenated alkanes) is 1. The molecule has 0 N–H and O–H groups in total. The molecule has 0 aliphatic heterocycles. The van der Waals surface area contributed by atoms with E-state index in [-0.39, 0.29) is 0 Å². The van der Waals surface area contributed by atoms with E-state index in [0.717, 1.165) is 12.8 Å².